The lowest BCUT2D eigenvalue weighted by Gasteiger charge is -2.49. The van der Waals surface area contributed by atoms with E-state index in [0.29, 0.717) is 31.6 Å². The van der Waals surface area contributed by atoms with E-state index in [2.05, 4.69) is 10.2 Å². The van der Waals surface area contributed by atoms with Gasteiger partial charge >= 0.3 is 0 Å². The molecule has 2 aliphatic rings. The second-order valence-electron chi connectivity index (χ2n) is 8.54. The summed E-state index contributed by atoms with van der Waals surface area (Å²) in [7, 11) is -3.14. The summed E-state index contributed by atoms with van der Waals surface area (Å²) in [5.74, 6) is 0.202. The number of amides is 1. The van der Waals surface area contributed by atoms with Crippen molar-refractivity contribution in [2.75, 3.05) is 38.5 Å². The van der Waals surface area contributed by atoms with Gasteiger partial charge in [-0.1, -0.05) is 43.9 Å². The number of hydrogen-bond acceptors (Lipinski definition) is 4. The van der Waals surface area contributed by atoms with Gasteiger partial charge in [-0.25, -0.2) is 8.42 Å². The van der Waals surface area contributed by atoms with Crippen LogP contribution in [0.4, 0.5) is 0 Å². The zero-order valence-corrected chi connectivity index (χ0v) is 19.9. The molecule has 1 aliphatic heterocycles. The van der Waals surface area contributed by atoms with Crippen LogP contribution in [0.25, 0.3) is 0 Å². The maximum Gasteiger partial charge on any atom is 0.251 e. The number of sulfonamides is 1. The number of aryl methyl sites for hydroxylation is 1. The smallest absolute Gasteiger partial charge is 0.251 e. The van der Waals surface area contributed by atoms with Gasteiger partial charge in [-0.15, -0.1) is 12.4 Å². The van der Waals surface area contributed by atoms with E-state index < -0.39 is 10.0 Å². The van der Waals surface area contributed by atoms with Crippen molar-refractivity contribution in [2.24, 2.45) is 0 Å². The Bertz CT molecular complexity index is 802. The summed E-state index contributed by atoms with van der Waals surface area (Å²) < 4.78 is 26.4. The van der Waals surface area contributed by atoms with Crippen LogP contribution in [0.5, 0.6) is 0 Å². The second-order valence-corrected chi connectivity index (χ2v) is 10.6. The zero-order chi connectivity index (χ0) is 20.9. The molecule has 1 aliphatic carbocycles. The highest BCUT2D eigenvalue weighted by Gasteiger charge is 2.40. The van der Waals surface area contributed by atoms with Gasteiger partial charge in [0.1, 0.15) is 0 Å². The summed E-state index contributed by atoms with van der Waals surface area (Å²) in [5, 5.41) is 3.18. The molecule has 0 unspecified atom stereocenters. The van der Waals surface area contributed by atoms with E-state index >= 15 is 0 Å². The predicted octanol–water partition coefficient (Wildman–Crippen LogP) is 3.21. The van der Waals surface area contributed by atoms with E-state index in [0.717, 1.165) is 44.3 Å². The first-order valence-corrected chi connectivity index (χ1v) is 12.5. The Kier molecular flexibility index (Phi) is 9.15. The van der Waals surface area contributed by atoms with Gasteiger partial charge in [0.05, 0.1) is 5.75 Å². The number of nitrogens with zero attached hydrogens (tertiary/aromatic N) is 2. The lowest BCUT2D eigenvalue weighted by Crippen LogP contribution is -2.62. The maximum absolute atomic E-state index is 12.7. The van der Waals surface area contributed by atoms with E-state index in [1.165, 1.54) is 6.42 Å². The van der Waals surface area contributed by atoms with Gasteiger partial charge in [-0.3, -0.25) is 9.69 Å². The van der Waals surface area contributed by atoms with Crippen molar-refractivity contribution in [1.82, 2.24) is 14.5 Å². The van der Waals surface area contributed by atoms with E-state index in [4.69, 9.17) is 0 Å². The molecule has 0 radical (unpaired) electrons. The van der Waals surface area contributed by atoms with Gasteiger partial charge in [0.2, 0.25) is 10.0 Å². The molecule has 6 nitrogen and oxygen atoms in total. The number of halogens is 1. The third-order valence-corrected chi connectivity index (χ3v) is 8.48. The monoisotopic (exact) mass is 457 g/mol. The zero-order valence-electron chi connectivity index (χ0n) is 18.2. The molecule has 0 aromatic heterocycles. The molecule has 0 spiro atoms. The Morgan fingerprint density at radius 2 is 1.77 bits per heavy atom. The van der Waals surface area contributed by atoms with Crippen LogP contribution in [-0.4, -0.2) is 67.5 Å². The minimum atomic E-state index is -3.14. The summed E-state index contributed by atoms with van der Waals surface area (Å²) in [6.45, 7) is 7.10. The lowest BCUT2D eigenvalue weighted by atomic mass is 9.79. The van der Waals surface area contributed by atoms with Crippen LogP contribution < -0.4 is 5.32 Å². The molecule has 1 amide bonds. The van der Waals surface area contributed by atoms with Crippen molar-refractivity contribution in [3.63, 3.8) is 0 Å². The fourth-order valence-corrected chi connectivity index (χ4v) is 6.27. The average molecular weight is 458 g/mol. The van der Waals surface area contributed by atoms with Gasteiger partial charge in [-0.2, -0.15) is 4.31 Å². The first-order chi connectivity index (χ1) is 13.9. The number of hydrogen-bond donors (Lipinski definition) is 1. The number of rotatable bonds is 7. The molecule has 1 aromatic rings. The molecule has 3 rings (SSSR count). The van der Waals surface area contributed by atoms with Crippen molar-refractivity contribution in [1.29, 1.82) is 0 Å². The predicted molar refractivity (Wildman–Crippen MR) is 124 cm³/mol. The van der Waals surface area contributed by atoms with Crippen LogP contribution >= 0.6 is 12.4 Å². The summed E-state index contributed by atoms with van der Waals surface area (Å²) >= 11 is 0. The number of nitrogens with one attached hydrogen (secondary N) is 1. The molecule has 1 saturated carbocycles. The van der Waals surface area contributed by atoms with Crippen LogP contribution in [0.15, 0.2) is 24.3 Å². The Labute approximate surface area is 187 Å². The van der Waals surface area contributed by atoms with E-state index in [1.54, 1.807) is 4.31 Å². The molecule has 0 bridgehead atoms. The first-order valence-electron chi connectivity index (χ1n) is 10.9. The van der Waals surface area contributed by atoms with Crippen molar-refractivity contribution in [3.05, 3.63) is 35.4 Å². The van der Waals surface area contributed by atoms with Crippen molar-refractivity contribution < 1.29 is 13.2 Å². The van der Waals surface area contributed by atoms with Gasteiger partial charge in [0.15, 0.2) is 0 Å². The van der Waals surface area contributed by atoms with Crippen molar-refractivity contribution >= 4 is 28.3 Å². The summed E-state index contributed by atoms with van der Waals surface area (Å²) in [6, 6.07) is 7.68. The van der Waals surface area contributed by atoms with Crippen LogP contribution in [0.3, 0.4) is 0 Å². The van der Waals surface area contributed by atoms with Crippen LogP contribution in [0.2, 0.25) is 0 Å². The van der Waals surface area contributed by atoms with E-state index in [1.807, 2.05) is 38.1 Å². The lowest BCUT2D eigenvalue weighted by molar-refractivity contribution is 0.0240. The normalized spacial score (nSPS) is 20.3. The number of carbonyl (C=O) groups is 1. The van der Waals surface area contributed by atoms with Crippen molar-refractivity contribution in [3.8, 4) is 0 Å². The minimum Gasteiger partial charge on any atom is -0.350 e. The fourth-order valence-electron chi connectivity index (χ4n) is 4.78. The minimum absolute atomic E-state index is 0. The Hall–Kier alpha value is -1.15. The molecule has 1 N–H and O–H groups in total. The topological polar surface area (TPSA) is 69.7 Å². The van der Waals surface area contributed by atoms with Gasteiger partial charge in [0, 0.05) is 43.8 Å². The number of piperazine rings is 1. The molecule has 1 saturated heterocycles. The third kappa shape index (κ3) is 5.96. The molecule has 1 aromatic carbocycles. The fraction of sp³-hybridized carbons (Fsp3) is 0.682. The SMILES string of the molecule is CCCS(=O)(=O)N1CCN(C2(CNC(=O)c3cccc(C)c3)CCCCC2)CC1.Cl. The standard InChI is InChI=1S/C22H35N3O3S.ClH/c1-3-16-29(27,28)25-14-12-24(13-15-25)22(10-5-4-6-11-22)18-23-21(26)20-9-7-8-19(2)17-20;/h7-9,17H,3-6,10-16,18H2,1-2H3,(H,23,26);1H. The second kappa shape index (κ2) is 10.9. The molecule has 1 heterocycles. The van der Waals surface area contributed by atoms with Crippen LogP contribution in [0, 0.1) is 6.92 Å². The average Bonchev–Trinajstić information content (AvgIpc) is 2.73. The van der Waals surface area contributed by atoms with Crippen molar-refractivity contribution in [2.45, 2.75) is 57.9 Å². The summed E-state index contributed by atoms with van der Waals surface area (Å²) in [5.41, 5.74) is 1.72. The van der Waals surface area contributed by atoms with Gasteiger partial charge < -0.3 is 5.32 Å². The van der Waals surface area contributed by atoms with Gasteiger partial charge in [0.25, 0.3) is 5.91 Å². The number of carbonyl (C=O) groups excluding carboxylic acids is 1. The molecule has 0 atom stereocenters. The highest BCUT2D eigenvalue weighted by atomic mass is 35.5. The molecular formula is C22H36ClN3O3S. The van der Waals surface area contributed by atoms with Crippen LogP contribution in [0.1, 0.15) is 61.4 Å². The molecule has 8 heteroatoms. The third-order valence-electron chi connectivity index (χ3n) is 6.41. The van der Waals surface area contributed by atoms with Crippen LogP contribution in [-0.2, 0) is 10.0 Å². The molecular weight excluding hydrogens is 422 g/mol. The van der Waals surface area contributed by atoms with E-state index in [9.17, 15) is 13.2 Å². The first kappa shape index (κ1) is 25.1. The quantitative estimate of drug-likeness (QED) is 0.682. The Morgan fingerprint density at radius 3 is 2.37 bits per heavy atom. The summed E-state index contributed by atoms with van der Waals surface area (Å²) in [6.07, 6.45) is 6.32. The molecule has 2 fully saturated rings. The largest absolute Gasteiger partial charge is 0.350 e. The number of benzene rings is 1. The molecule has 30 heavy (non-hydrogen) atoms. The Balaban J connectivity index is 0.00000320. The van der Waals surface area contributed by atoms with E-state index in [-0.39, 0.29) is 29.6 Å². The maximum atomic E-state index is 12.7. The summed E-state index contributed by atoms with van der Waals surface area (Å²) in [4.78, 5) is 15.1. The van der Waals surface area contributed by atoms with Gasteiger partial charge in [-0.05, 0) is 38.3 Å². The molecule has 170 valence electrons. The highest BCUT2D eigenvalue weighted by Crippen LogP contribution is 2.34. The Morgan fingerprint density at radius 1 is 1.10 bits per heavy atom. The highest BCUT2D eigenvalue weighted by molar-refractivity contribution is 7.89.